The Morgan fingerprint density at radius 2 is 1.93 bits per heavy atom. The van der Waals surface area contributed by atoms with Gasteiger partial charge in [0.15, 0.2) is 0 Å². The van der Waals surface area contributed by atoms with Crippen LogP contribution in [-0.2, 0) is 16.1 Å². The summed E-state index contributed by atoms with van der Waals surface area (Å²) >= 11 is 0. The van der Waals surface area contributed by atoms with Crippen molar-refractivity contribution >= 4 is 17.5 Å². The van der Waals surface area contributed by atoms with Crippen LogP contribution >= 0.6 is 0 Å². The van der Waals surface area contributed by atoms with E-state index in [9.17, 15) is 9.59 Å². The Labute approximate surface area is 164 Å². The number of benzene rings is 1. The quantitative estimate of drug-likeness (QED) is 0.769. The number of rotatable bonds is 7. The number of furan rings is 1. The molecule has 0 aliphatic carbocycles. The number of hydrogen-bond acceptors (Lipinski definition) is 5. The molecule has 2 N–H and O–H groups in total. The predicted molar refractivity (Wildman–Crippen MR) is 104 cm³/mol. The number of likely N-dealkylation sites (tertiary alicyclic amines) is 1. The molecule has 146 valence electrons. The molecule has 3 rings (SSSR count). The number of carbonyl (C=O) groups is 2. The molecule has 0 atom stereocenters. The molecular weight excluding hydrogens is 356 g/mol. The average molecular weight is 380 g/mol. The van der Waals surface area contributed by atoms with Crippen LogP contribution in [0.3, 0.4) is 0 Å². The smallest absolute Gasteiger partial charge is 0.225 e. The van der Waals surface area contributed by atoms with Crippen LogP contribution in [0.25, 0.3) is 0 Å². The summed E-state index contributed by atoms with van der Waals surface area (Å²) in [4.78, 5) is 26.6. The zero-order chi connectivity index (χ0) is 19.8. The number of nitrogens with one attached hydrogen (secondary N) is 2. The number of amides is 2. The van der Waals surface area contributed by atoms with E-state index in [-0.39, 0.29) is 17.7 Å². The first-order chi connectivity index (χ1) is 13.6. The number of nitriles is 1. The van der Waals surface area contributed by atoms with E-state index in [0.717, 1.165) is 31.7 Å². The van der Waals surface area contributed by atoms with Crippen molar-refractivity contribution in [3.05, 3.63) is 54.0 Å². The van der Waals surface area contributed by atoms with Crippen LogP contribution in [-0.4, -0.2) is 36.3 Å². The lowest BCUT2D eigenvalue weighted by Gasteiger charge is -2.31. The van der Waals surface area contributed by atoms with Crippen LogP contribution in [0.2, 0.25) is 0 Å². The summed E-state index contributed by atoms with van der Waals surface area (Å²) < 4.78 is 5.22. The van der Waals surface area contributed by atoms with Crippen molar-refractivity contribution in [3.63, 3.8) is 0 Å². The SMILES string of the molecule is N#Cc1ccc(NC(=O)CCN2CCC(C(=O)NCc3ccco3)CC2)cc1. The van der Waals surface area contributed by atoms with Gasteiger partial charge in [-0.1, -0.05) is 0 Å². The molecule has 1 aromatic carbocycles. The van der Waals surface area contributed by atoms with Crippen molar-refractivity contribution < 1.29 is 14.0 Å². The molecule has 1 saturated heterocycles. The molecule has 2 heterocycles. The Hall–Kier alpha value is -3.11. The lowest BCUT2D eigenvalue weighted by Crippen LogP contribution is -2.41. The molecule has 28 heavy (non-hydrogen) atoms. The molecule has 1 fully saturated rings. The van der Waals surface area contributed by atoms with Crippen molar-refractivity contribution in [2.45, 2.75) is 25.8 Å². The standard InChI is InChI=1S/C21H24N4O3/c22-14-16-3-5-18(6-4-16)24-20(26)9-12-25-10-7-17(8-11-25)21(27)23-15-19-2-1-13-28-19/h1-6,13,17H,7-12,15H2,(H,23,27)(H,24,26). The summed E-state index contributed by atoms with van der Waals surface area (Å²) in [5, 5.41) is 14.6. The van der Waals surface area contributed by atoms with E-state index in [1.807, 2.05) is 12.1 Å². The van der Waals surface area contributed by atoms with Crippen molar-refractivity contribution in [2.75, 3.05) is 25.0 Å². The zero-order valence-electron chi connectivity index (χ0n) is 15.7. The molecule has 2 amide bonds. The topological polar surface area (TPSA) is 98.4 Å². The third kappa shape index (κ3) is 5.69. The van der Waals surface area contributed by atoms with Crippen molar-refractivity contribution in [2.24, 2.45) is 5.92 Å². The second-order valence-electron chi connectivity index (χ2n) is 6.90. The van der Waals surface area contributed by atoms with Crippen LogP contribution in [0.4, 0.5) is 5.69 Å². The predicted octanol–water partition coefficient (Wildman–Crippen LogP) is 2.51. The zero-order valence-corrected chi connectivity index (χ0v) is 15.7. The summed E-state index contributed by atoms with van der Waals surface area (Å²) in [7, 11) is 0. The van der Waals surface area contributed by atoms with Gasteiger partial charge in [0.2, 0.25) is 11.8 Å². The minimum atomic E-state index is -0.0528. The molecule has 0 saturated carbocycles. The Morgan fingerprint density at radius 1 is 1.18 bits per heavy atom. The van der Waals surface area contributed by atoms with Gasteiger partial charge in [-0.3, -0.25) is 9.59 Å². The summed E-state index contributed by atoms with van der Waals surface area (Å²) in [6.45, 7) is 2.70. The highest BCUT2D eigenvalue weighted by atomic mass is 16.3. The fourth-order valence-corrected chi connectivity index (χ4v) is 3.26. The third-order valence-corrected chi connectivity index (χ3v) is 4.93. The summed E-state index contributed by atoms with van der Waals surface area (Å²) in [5.41, 5.74) is 1.25. The highest BCUT2D eigenvalue weighted by Crippen LogP contribution is 2.18. The number of nitrogens with zero attached hydrogens (tertiary/aromatic N) is 2. The Morgan fingerprint density at radius 3 is 2.57 bits per heavy atom. The van der Waals surface area contributed by atoms with E-state index in [1.54, 1.807) is 36.6 Å². The molecule has 0 radical (unpaired) electrons. The van der Waals surface area contributed by atoms with E-state index >= 15 is 0 Å². The summed E-state index contributed by atoms with van der Waals surface area (Å²) in [6.07, 6.45) is 3.58. The highest BCUT2D eigenvalue weighted by molar-refractivity contribution is 5.90. The normalized spacial score (nSPS) is 15.0. The van der Waals surface area contributed by atoms with E-state index < -0.39 is 0 Å². The van der Waals surface area contributed by atoms with Gasteiger partial charge in [0.05, 0.1) is 24.4 Å². The molecule has 1 aromatic heterocycles. The van der Waals surface area contributed by atoms with E-state index in [0.29, 0.717) is 30.8 Å². The first kappa shape index (κ1) is 19.6. The molecular formula is C21H24N4O3. The number of anilines is 1. The van der Waals surface area contributed by atoms with Crippen molar-refractivity contribution in [3.8, 4) is 6.07 Å². The maximum atomic E-state index is 12.3. The van der Waals surface area contributed by atoms with Crippen LogP contribution in [0.1, 0.15) is 30.6 Å². The molecule has 7 nitrogen and oxygen atoms in total. The van der Waals surface area contributed by atoms with Gasteiger partial charge >= 0.3 is 0 Å². The average Bonchev–Trinajstić information content (AvgIpc) is 3.25. The van der Waals surface area contributed by atoms with Crippen LogP contribution in [0.15, 0.2) is 47.1 Å². The lowest BCUT2D eigenvalue weighted by atomic mass is 9.96. The molecule has 7 heteroatoms. The first-order valence-electron chi connectivity index (χ1n) is 9.46. The molecule has 2 aromatic rings. The number of piperidine rings is 1. The second-order valence-corrected chi connectivity index (χ2v) is 6.90. The van der Waals surface area contributed by atoms with Gasteiger partial charge < -0.3 is 20.0 Å². The number of carbonyl (C=O) groups excluding carboxylic acids is 2. The fraction of sp³-hybridized carbons (Fsp3) is 0.381. The van der Waals surface area contributed by atoms with Crippen LogP contribution in [0, 0.1) is 17.2 Å². The Bertz CT molecular complexity index is 816. The lowest BCUT2D eigenvalue weighted by molar-refractivity contribution is -0.127. The van der Waals surface area contributed by atoms with Gasteiger partial charge in [0, 0.05) is 24.6 Å². The van der Waals surface area contributed by atoms with Gasteiger partial charge in [-0.15, -0.1) is 0 Å². The Kier molecular flexibility index (Phi) is 6.82. The summed E-state index contributed by atoms with van der Waals surface area (Å²) in [6, 6.07) is 12.5. The largest absolute Gasteiger partial charge is 0.467 e. The van der Waals surface area contributed by atoms with Gasteiger partial charge in [-0.05, 0) is 62.3 Å². The van der Waals surface area contributed by atoms with Crippen molar-refractivity contribution in [1.82, 2.24) is 10.2 Å². The molecule has 0 spiro atoms. The minimum absolute atomic E-state index is 0.0127. The molecule has 0 unspecified atom stereocenters. The minimum Gasteiger partial charge on any atom is -0.467 e. The second kappa shape index (κ2) is 9.72. The fourth-order valence-electron chi connectivity index (χ4n) is 3.26. The number of hydrogen-bond donors (Lipinski definition) is 2. The van der Waals surface area contributed by atoms with Crippen molar-refractivity contribution in [1.29, 1.82) is 5.26 Å². The Balaban J connectivity index is 1.34. The van der Waals surface area contributed by atoms with Gasteiger partial charge in [0.1, 0.15) is 5.76 Å². The van der Waals surface area contributed by atoms with Gasteiger partial charge in [-0.2, -0.15) is 5.26 Å². The van der Waals surface area contributed by atoms with Crippen LogP contribution in [0.5, 0.6) is 0 Å². The van der Waals surface area contributed by atoms with Crippen LogP contribution < -0.4 is 10.6 Å². The third-order valence-electron chi connectivity index (χ3n) is 4.93. The highest BCUT2D eigenvalue weighted by Gasteiger charge is 2.25. The summed E-state index contributed by atoms with van der Waals surface area (Å²) in [5.74, 6) is 0.774. The van der Waals surface area contributed by atoms with E-state index in [4.69, 9.17) is 9.68 Å². The van der Waals surface area contributed by atoms with Gasteiger partial charge in [-0.25, -0.2) is 0 Å². The molecule has 1 aliphatic heterocycles. The molecule has 1 aliphatic rings. The van der Waals surface area contributed by atoms with Gasteiger partial charge in [0.25, 0.3) is 0 Å². The monoisotopic (exact) mass is 380 g/mol. The maximum absolute atomic E-state index is 12.3. The van der Waals surface area contributed by atoms with E-state index in [1.165, 1.54) is 0 Å². The molecule has 0 bridgehead atoms. The first-order valence-corrected chi connectivity index (χ1v) is 9.46. The maximum Gasteiger partial charge on any atom is 0.225 e. The van der Waals surface area contributed by atoms with E-state index in [2.05, 4.69) is 15.5 Å².